The van der Waals surface area contributed by atoms with Crippen molar-refractivity contribution in [2.75, 3.05) is 24.5 Å². The molecule has 0 aromatic heterocycles. The number of nitrogens with one attached hydrogen (secondary N) is 1. The molecule has 3 nitrogen and oxygen atoms in total. The van der Waals surface area contributed by atoms with Gasteiger partial charge in [-0.3, -0.25) is 4.79 Å². The van der Waals surface area contributed by atoms with E-state index in [2.05, 4.69) is 5.32 Å². The molecule has 20 heavy (non-hydrogen) atoms. The van der Waals surface area contributed by atoms with Gasteiger partial charge in [-0.1, -0.05) is 0 Å². The van der Waals surface area contributed by atoms with Crippen LogP contribution in [-0.2, 0) is 11.0 Å². The van der Waals surface area contributed by atoms with E-state index in [1.165, 1.54) is 12.1 Å². The molecule has 1 aromatic carbocycles. The number of nitrogens with zero attached hydrogens (tertiary/aromatic N) is 1. The lowest BCUT2D eigenvalue weighted by Gasteiger charge is -2.50. The molecule has 0 aliphatic carbocycles. The summed E-state index contributed by atoms with van der Waals surface area (Å²) in [6.07, 6.45) is -2.52. The van der Waals surface area contributed by atoms with Crippen LogP contribution in [0.5, 0.6) is 0 Å². The molecular weight excluding hydrogens is 269 g/mol. The number of halogens is 3. The van der Waals surface area contributed by atoms with E-state index in [4.69, 9.17) is 0 Å². The Hall–Kier alpha value is -1.56. The third-order valence-electron chi connectivity index (χ3n) is 4.14. The molecule has 1 N–H and O–H groups in total. The number of hydrogen-bond donors (Lipinski definition) is 1. The van der Waals surface area contributed by atoms with E-state index in [0.29, 0.717) is 18.8 Å². The maximum Gasteiger partial charge on any atom is 0.416 e. The topological polar surface area (TPSA) is 32.3 Å². The molecular formula is C14H15F3N2O. The summed E-state index contributed by atoms with van der Waals surface area (Å²) in [6, 6.07) is 4.77. The van der Waals surface area contributed by atoms with Crippen molar-refractivity contribution < 1.29 is 18.0 Å². The second-order valence-electron chi connectivity index (χ2n) is 5.50. The number of hydrogen-bond acceptors (Lipinski definition) is 2. The molecule has 0 bridgehead atoms. The first-order chi connectivity index (χ1) is 9.42. The van der Waals surface area contributed by atoms with E-state index in [-0.39, 0.29) is 11.3 Å². The number of anilines is 1. The van der Waals surface area contributed by atoms with Gasteiger partial charge in [-0.05, 0) is 43.7 Å². The van der Waals surface area contributed by atoms with Crippen LogP contribution in [0, 0.1) is 5.41 Å². The predicted molar refractivity (Wildman–Crippen MR) is 68.3 cm³/mol. The van der Waals surface area contributed by atoms with Crippen LogP contribution in [0.25, 0.3) is 0 Å². The lowest BCUT2D eigenvalue weighted by molar-refractivity contribution is -0.137. The minimum atomic E-state index is -4.34. The van der Waals surface area contributed by atoms with E-state index in [1.807, 2.05) is 0 Å². The number of alkyl halides is 3. The maximum absolute atomic E-state index is 12.5. The van der Waals surface area contributed by atoms with Crippen molar-refractivity contribution in [3.05, 3.63) is 29.8 Å². The molecule has 2 aliphatic rings. The first-order valence-corrected chi connectivity index (χ1v) is 6.62. The molecule has 1 amide bonds. The van der Waals surface area contributed by atoms with Crippen LogP contribution in [0.1, 0.15) is 18.4 Å². The number of carbonyl (C=O) groups excluding carboxylic acids is 1. The fourth-order valence-corrected chi connectivity index (χ4v) is 2.96. The highest BCUT2D eigenvalue weighted by Gasteiger charge is 2.52. The van der Waals surface area contributed by atoms with Gasteiger partial charge in [0.05, 0.1) is 11.0 Å². The highest BCUT2D eigenvalue weighted by atomic mass is 19.4. The summed E-state index contributed by atoms with van der Waals surface area (Å²) in [7, 11) is 0. The monoisotopic (exact) mass is 284 g/mol. The minimum absolute atomic E-state index is 0.0180. The van der Waals surface area contributed by atoms with Crippen molar-refractivity contribution in [3.63, 3.8) is 0 Å². The standard InChI is InChI=1S/C14H15F3N2O/c15-14(16,17)10-2-4-11(5-3-10)19-9-13(12(19)20)6-1-7-18-8-13/h2-5,18H,1,6-9H2. The number of β-lactam (4-membered cyclic amide) rings is 1. The number of amides is 1. The summed E-state index contributed by atoms with van der Waals surface area (Å²) in [4.78, 5) is 13.8. The van der Waals surface area contributed by atoms with Crippen molar-refractivity contribution in [3.8, 4) is 0 Å². The number of piperidine rings is 1. The first-order valence-electron chi connectivity index (χ1n) is 6.62. The Morgan fingerprint density at radius 3 is 2.40 bits per heavy atom. The van der Waals surface area contributed by atoms with Crippen LogP contribution >= 0.6 is 0 Å². The maximum atomic E-state index is 12.5. The molecule has 1 spiro atoms. The van der Waals surface area contributed by atoms with E-state index >= 15 is 0 Å². The Morgan fingerprint density at radius 2 is 1.90 bits per heavy atom. The molecule has 2 saturated heterocycles. The largest absolute Gasteiger partial charge is 0.416 e. The Bertz CT molecular complexity index is 518. The van der Waals surface area contributed by atoms with E-state index in [0.717, 1.165) is 31.5 Å². The fraction of sp³-hybridized carbons (Fsp3) is 0.500. The minimum Gasteiger partial charge on any atom is -0.316 e. The van der Waals surface area contributed by atoms with Gasteiger partial charge in [-0.2, -0.15) is 13.2 Å². The van der Waals surface area contributed by atoms with Crippen molar-refractivity contribution in [1.29, 1.82) is 0 Å². The molecule has 0 saturated carbocycles. The van der Waals surface area contributed by atoms with Gasteiger partial charge in [0.1, 0.15) is 0 Å². The highest BCUT2D eigenvalue weighted by molar-refractivity contribution is 6.04. The average molecular weight is 284 g/mol. The summed E-state index contributed by atoms with van der Waals surface area (Å²) in [5.41, 5.74) is -0.483. The summed E-state index contributed by atoms with van der Waals surface area (Å²) in [5.74, 6) is 0.0180. The molecule has 2 fully saturated rings. The SMILES string of the molecule is O=C1N(c2ccc(C(F)(F)F)cc2)CC12CCCNC2. The molecule has 3 rings (SSSR count). The van der Waals surface area contributed by atoms with Gasteiger partial charge in [0, 0.05) is 18.8 Å². The molecule has 2 heterocycles. The number of benzene rings is 1. The van der Waals surface area contributed by atoms with Gasteiger partial charge in [-0.15, -0.1) is 0 Å². The molecule has 2 aliphatic heterocycles. The van der Waals surface area contributed by atoms with E-state index in [9.17, 15) is 18.0 Å². The van der Waals surface area contributed by atoms with Crippen molar-refractivity contribution in [2.45, 2.75) is 19.0 Å². The smallest absolute Gasteiger partial charge is 0.316 e. The zero-order valence-electron chi connectivity index (χ0n) is 10.8. The fourth-order valence-electron chi connectivity index (χ4n) is 2.96. The van der Waals surface area contributed by atoms with Crippen LogP contribution in [0.15, 0.2) is 24.3 Å². The Labute approximate surface area is 114 Å². The van der Waals surface area contributed by atoms with Crippen molar-refractivity contribution >= 4 is 11.6 Å². The second kappa shape index (κ2) is 4.48. The van der Waals surface area contributed by atoms with E-state index < -0.39 is 11.7 Å². The number of rotatable bonds is 1. The van der Waals surface area contributed by atoms with Gasteiger partial charge in [0.25, 0.3) is 0 Å². The third-order valence-corrected chi connectivity index (χ3v) is 4.14. The molecule has 108 valence electrons. The molecule has 1 aromatic rings. The zero-order chi connectivity index (χ0) is 14.4. The Kier molecular flexibility index (Phi) is 3.01. The molecule has 1 atom stereocenters. The van der Waals surface area contributed by atoms with Crippen LogP contribution in [0.4, 0.5) is 18.9 Å². The molecule has 6 heteroatoms. The first kappa shape index (κ1) is 13.4. The summed E-state index contributed by atoms with van der Waals surface area (Å²) < 4.78 is 37.5. The summed E-state index contributed by atoms with van der Waals surface area (Å²) in [5, 5.41) is 3.21. The van der Waals surface area contributed by atoms with Gasteiger partial charge in [0.2, 0.25) is 5.91 Å². The highest BCUT2D eigenvalue weighted by Crippen LogP contribution is 2.41. The van der Waals surface area contributed by atoms with E-state index in [1.54, 1.807) is 4.90 Å². The third kappa shape index (κ3) is 2.08. The van der Waals surface area contributed by atoms with Gasteiger partial charge in [-0.25, -0.2) is 0 Å². The van der Waals surface area contributed by atoms with Crippen LogP contribution in [0.2, 0.25) is 0 Å². The van der Waals surface area contributed by atoms with Crippen LogP contribution < -0.4 is 10.2 Å². The summed E-state index contributed by atoms with van der Waals surface area (Å²) in [6.45, 7) is 2.18. The average Bonchev–Trinajstić information content (AvgIpc) is 2.45. The summed E-state index contributed by atoms with van der Waals surface area (Å²) >= 11 is 0. The van der Waals surface area contributed by atoms with Crippen LogP contribution in [0.3, 0.4) is 0 Å². The number of carbonyl (C=O) groups is 1. The molecule has 1 unspecified atom stereocenters. The van der Waals surface area contributed by atoms with Gasteiger partial charge >= 0.3 is 6.18 Å². The Morgan fingerprint density at radius 1 is 1.20 bits per heavy atom. The van der Waals surface area contributed by atoms with Crippen LogP contribution in [-0.4, -0.2) is 25.5 Å². The Balaban J connectivity index is 1.74. The second-order valence-corrected chi connectivity index (χ2v) is 5.50. The van der Waals surface area contributed by atoms with Crippen molar-refractivity contribution in [2.24, 2.45) is 5.41 Å². The normalized spacial score (nSPS) is 26.8. The van der Waals surface area contributed by atoms with Gasteiger partial charge < -0.3 is 10.2 Å². The lowest BCUT2D eigenvalue weighted by atomic mass is 9.73. The zero-order valence-corrected chi connectivity index (χ0v) is 10.8. The predicted octanol–water partition coefficient (Wildman–Crippen LogP) is 2.42. The molecule has 0 radical (unpaired) electrons. The van der Waals surface area contributed by atoms with Crippen molar-refractivity contribution in [1.82, 2.24) is 5.32 Å². The lowest BCUT2D eigenvalue weighted by Crippen LogP contribution is -2.66. The van der Waals surface area contributed by atoms with Gasteiger partial charge in [0.15, 0.2) is 0 Å². The quantitative estimate of drug-likeness (QED) is 0.803.